The highest BCUT2D eigenvalue weighted by Crippen LogP contribution is 2.65. The third-order valence-corrected chi connectivity index (χ3v) is 14.5. The van der Waals surface area contributed by atoms with E-state index in [0.29, 0.717) is 76.9 Å². The predicted molar refractivity (Wildman–Crippen MR) is 212 cm³/mol. The molecule has 0 aliphatic carbocycles. The van der Waals surface area contributed by atoms with E-state index in [-0.39, 0.29) is 36.7 Å². The van der Waals surface area contributed by atoms with Gasteiger partial charge in [-0.05, 0) is 61.6 Å². The van der Waals surface area contributed by atoms with Gasteiger partial charge >= 0.3 is 11.9 Å². The third kappa shape index (κ3) is 4.95. The van der Waals surface area contributed by atoms with E-state index in [0.717, 1.165) is 27.6 Å². The van der Waals surface area contributed by atoms with Crippen LogP contribution >= 0.6 is 11.8 Å². The second-order valence-electron chi connectivity index (χ2n) is 15.9. The number of aryl methyl sites for hydroxylation is 1. The monoisotopic (exact) mass is 805 g/mol. The van der Waals surface area contributed by atoms with E-state index in [1.807, 2.05) is 26.0 Å². The second-order valence-corrected chi connectivity index (χ2v) is 17.1. The Bertz CT molecular complexity index is 2510. The highest BCUT2D eigenvalue weighted by molar-refractivity contribution is 7.99. The number of nitrogens with one attached hydrogen (secondary N) is 2. The molecule has 4 N–H and O–H groups in total. The molecule has 8 heterocycles. The van der Waals surface area contributed by atoms with Crippen molar-refractivity contribution in [2.45, 2.75) is 74.6 Å². The van der Waals surface area contributed by atoms with Crippen LogP contribution in [0.15, 0.2) is 36.9 Å². The van der Waals surface area contributed by atoms with Crippen molar-refractivity contribution in [1.29, 1.82) is 5.26 Å². The lowest BCUT2D eigenvalue weighted by Gasteiger charge is -2.62. The number of carbonyl (C=O) groups excluding carboxylic acids is 2. The van der Waals surface area contributed by atoms with E-state index < -0.39 is 46.9 Å². The van der Waals surface area contributed by atoms with Gasteiger partial charge in [0.1, 0.15) is 24.1 Å². The lowest BCUT2D eigenvalue weighted by Crippen LogP contribution is -2.70. The number of ether oxygens (including phenoxy) is 5. The van der Waals surface area contributed by atoms with Crippen LogP contribution in [0.2, 0.25) is 0 Å². The van der Waals surface area contributed by atoms with Gasteiger partial charge in [-0.25, -0.2) is 4.79 Å². The first-order valence-electron chi connectivity index (χ1n) is 19.5. The number of esters is 2. The van der Waals surface area contributed by atoms with Crippen LogP contribution in [0.25, 0.3) is 10.9 Å². The van der Waals surface area contributed by atoms with Crippen molar-refractivity contribution in [3.8, 4) is 40.6 Å². The summed E-state index contributed by atoms with van der Waals surface area (Å²) in [6.45, 7) is 9.86. The number of aromatic hydroxyl groups is 2. The molecular formula is C43H43N5O9S. The van der Waals surface area contributed by atoms with Gasteiger partial charge in [0.05, 0.1) is 36.2 Å². The standard InChI is InChI=1S/C43H43N5O9S/c1-6-11-47-27-13-22-12-19(2)36(53-5)35(51)30(22)33(47)34-40-32-31(39-38(55-18-56-39)20(3)37(32)57-21(4)49)29(48(34)28(27)15-44)16-54-42(52)43(17-58-40)41-24(9-10-45-43)25-14-23(50)7-8-26(25)46-41/h6-8,12,14,27-29,33-34,40,45-46,50-51H,1,9-11,13,16-18H2,2-5H3/t27-,28+,29+,33?,34?,40-,43-/m1/s1. The number of rotatable bonds is 4. The molecule has 3 aromatic carbocycles. The molecule has 15 heteroatoms. The van der Waals surface area contributed by atoms with Gasteiger partial charge in [0, 0.05) is 71.0 Å². The fourth-order valence-corrected chi connectivity index (χ4v) is 12.6. The molecule has 2 saturated heterocycles. The molecule has 0 radical (unpaired) electrons. The fourth-order valence-electron chi connectivity index (χ4n) is 10.9. The number of thioether (sulfide) groups is 1. The van der Waals surface area contributed by atoms with Crippen molar-refractivity contribution < 1.29 is 43.5 Å². The van der Waals surface area contributed by atoms with E-state index in [2.05, 4.69) is 32.7 Å². The Morgan fingerprint density at radius 1 is 1.16 bits per heavy atom. The van der Waals surface area contributed by atoms with E-state index >= 15 is 0 Å². The number of fused-ring (bicyclic) bond motifs is 11. The van der Waals surface area contributed by atoms with Crippen molar-refractivity contribution in [2.75, 3.05) is 39.4 Å². The summed E-state index contributed by atoms with van der Waals surface area (Å²) in [5.74, 6) is 0.931. The van der Waals surface area contributed by atoms with Gasteiger partial charge in [-0.3, -0.25) is 19.9 Å². The number of carbonyl (C=O) groups is 2. The summed E-state index contributed by atoms with van der Waals surface area (Å²) in [7, 11) is 1.54. The SMILES string of the molecule is C=CCN1C2c3c(cc(C)c(OC)c3O)C[C@@H]1[C@H](C#N)N1C2[C@@H]2SC[C@]3(NCCc4c3[nH]c3ccc(O)cc43)C(=O)OC[C@H]1c1c3c(c(C)c(OC(C)=O)c12)OCO3. The second kappa shape index (κ2) is 13.3. The topological polar surface area (TPSA) is 179 Å². The number of phenols is 2. The van der Waals surface area contributed by atoms with Crippen LogP contribution < -0.4 is 24.3 Å². The van der Waals surface area contributed by atoms with E-state index in [4.69, 9.17) is 23.7 Å². The Hall–Kier alpha value is -5.40. The van der Waals surface area contributed by atoms with Gasteiger partial charge in [-0.2, -0.15) is 5.26 Å². The van der Waals surface area contributed by atoms with Crippen molar-refractivity contribution in [3.63, 3.8) is 0 Å². The number of aromatic amines is 1. The molecule has 7 aliphatic rings. The number of H-pyrrole nitrogens is 1. The van der Waals surface area contributed by atoms with Crippen molar-refractivity contribution >= 4 is 34.6 Å². The van der Waals surface area contributed by atoms with Crippen LogP contribution in [0.4, 0.5) is 0 Å². The number of benzene rings is 3. The first kappa shape index (κ1) is 36.9. The number of nitriles is 1. The summed E-state index contributed by atoms with van der Waals surface area (Å²) in [5, 5.41) is 37.8. The number of methoxy groups -OCH3 is 1. The first-order chi connectivity index (χ1) is 28.0. The quantitative estimate of drug-likeness (QED) is 0.123. The summed E-state index contributed by atoms with van der Waals surface area (Å²) in [5.41, 5.74) is 5.36. The van der Waals surface area contributed by atoms with Crippen LogP contribution in [0.1, 0.15) is 68.9 Å². The van der Waals surface area contributed by atoms with Gasteiger partial charge in [-0.1, -0.05) is 12.1 Å². The molecule has 1 spiro atoms. The molecule has 11 rings (SSSR count). The number of aromatic nitrogens is 1. The molecule has 300 valence electrons. The molecule has 4 bridgehead atoms. The summed E-state index contributed by atoms with van der Waals surface area (Å²) in [6.07, 6.45) is 2.90. The van der Waals surface area contributed by atoms with Crippen molar-refractivity contribution in [3.05, 3.63) is 81.6 Å². The first-order valence-corrected chi connectivity index (χ1v) is 20.5. The number of hydrogen-bond acceptors (Lipinski definition) is 14. The maximum absolute atomic E-state index is 14.9. The minimum Gasteiger partial charge on any atom is -0.508 e. The maximum Gasteiger partial charge on any atom is 0.333 e. The molecule has 0 saturated carbocycles. The number of nitrogens with zero attached hydrogens (tertiary/aromatic N) is 3. The summed E-state index contributed by atoms with van der Waals surface area (Å²) in [4.78, 5) is 35.9. The largest absolute Gasteiger partial charge is 0.508 e. The van der Waals surface area contributed by atoms with Crippen LogP contribution in [-0.4, -0.2) is 94.4 Å². The molecule has 58 heavy (non-hydrogen) atoms. The molecular weight excluding hydrogens is 763 g/mol. The molecule has 7 aliphatic heterocycles. The van der Waals surface area contributed by atoms with Crippen molar-refractivity contribution in [2.24, 2.45) is 0 Å². The Kier molecular flexibility index (Phi) is 8.47. The highest BCUT2D eigenvalue weighted by atomic mass is 32.2. The molecule has 7 atom stereocenters. The highest BCUT2D eigenvalue weighted by Gasteiger charge is 2.62. The minimum absolute atomic E-state index is 0.0356. The number of phenolic OH excluding ortho intramolecular Hbond substituents is 2. The van der Waals surface area contributed by atoms with E-state index in [1.54, 1.807) is 25.3 Å². The third-order valence-electron chi connectivity index (χ3n) is 13.0. The zero-order valence-corrected chi connectivity index (χ0v) is 33.3. The van der Waals surface area contributed by atoms with E-state index in [9.17, 15) is 25.1 Å². The Balaban J connectivity index is 1.26. The molecule has 4 aromatic rings. The van der Waals surface area contributed by atoms with Crippen LogP contribution in [0.3, 0.4) is 0 Å². The van der Waals surface area contributed by atoms with Gasteiger partial charge in [0.25, 0.3) is 0 Å². The molecule has 2 fully saturated rings. The lowest BCUT2D eigenvalue weighted by molar-refractivity contribution is -0.157. The fraction of sp³-hybridized carbons (Fsp3) is 0.419. The summed E-state index contributed by atoms with van der Waals surface area (Å²) >= 11 is 1.50. The zero-order valence-electron chi connectivity index (χ0n) is 32.5. The summed E-state index contributed by atoms with van der Waals surface area (Å²) in [6, 6.07) is 6.96. The number of hydrogen-bond donors (Lipinski definition) is 4. The predicted octanol–water partition coefficient (Wildman–Crippen LogP) is 5.02. The van der Waals surface area contributed by atoms with Gasteiger partial charge in [-0.15, -0.1) is 18.3 Å². The van der Waals surface area contributed by atoms with Gasteiger partial charge < -0.3 is 38.9 Å². The smallest absolute Gasteiger partial charge is 0.333 e. The zero-order chi connectivity index (χ0) is 40.4. The van der Waals surface area contributed by atoms with Crippen molar-refractivity contribution in [1.82, 2.24) is 20.1 Å². The van der Waals surface area contributed by atoms with Crippen LogP contribution in [0, 0.1) is 25.2 Å². The minimum atomic E-state index is -1.35. The Morgan fingerprint density at radius 3 is 2.72 bits per heavy atom. The van der Waals surface area contributed by atoms with Gasteiger partial charge in [0.15, 0.2) is 28.5 Å². The number of piperazine rings is 1. The molecule has 2 unspecified atom stereocenters. The van der Waals surface area contributed by atoms with Crippen LogP contribution in [0.5, 0.6) is 34.5 Å². The Labute approximate surface area is 338 Å². The average Bonchev–Trinajstić information content (AvgIpc) is 3.84. The molecule has 0 amide bonds. The molecule has 14 nitrogen and oxygen atoms in total. The van der Waals surface area contributed by atoms with Crippen LogP contribution in [-0.2, 0) is 32.7 Å². The molecule has 1 aromatic heterocycles. The lowest BCUT2D eigenvalue weighted by atomic mass is 9.71. The maximum atomic E-state index is 14.9. The van der Waals surface area contributed by atoms with Gasteiger partial charge in [0.2, 0.25) is 6.79 Å². The normalized spacial score (nSPS) is 28.2. The summed E-state index contributed by atoms with van der Waals surface area (Å²) < 4.78 is 30.8. The Morgan fingerprint density at radius 2 is 1.97 bits per heavy atom. The van der Waals surface area contributed by atoms with E-state index in [1.165, 1.54) is 18.7 Å². The average molecular weight is 806 g/mol.